The zero-order chi connectivity index (χ0) is 24.1. The molecule has 6 nitrogen and oxygen atoms in total. The summed E-state index contributed by atoms with van der Waals surface area (Å²) in [5, 5.41) is 6.94. The molecule has 4 N–H and O–H groups in total. The fourth-order valence-corrected chi connectivity index (χ4v) is 4.22. The summed E-state index contributed by atoms with van der Waals surface area (Å²) in [7, 11) is 0. The average Bonchev–Trinajstić information content (AvgIpc) is 3.13. The van der Waals surface area contributed by atoms with E-state index < -0.39 is 11.6 Å². The van der Waals surface area contributed by atoms with Gasteiger partial charge in [0.15, 0.2) is 0 Å². The molecule has 34 heavy (non-hydrogen) atoms. The molecule has 1 saturated heterocycles. The Morgan fingerprint density at radius 3 is 2.88 bits per heavy atom. The lowest BCUT2D eigenvalue weighted by Gasteiger charge is -2.24. The normalized spacial score (nSPS) is 16.1. The fourth-order valence-electron chi connectivity index (χ4n) is 4.00. The number of hydrogen-bond acceptors (Lipinski definition) is 5. The molecule has 2 aromatic carbocycles. The van der Waals surface area contributed by atoms with Crippen molar-refractivity contribution >= 4 is 23.6 Å². The minimum Gasteiger partial charge on any atom is -0.383 e. The van der Waals surface area contributed by atoms with Gasteiger partial charge in [0, 0.05) is 30.3 Å². The molecule has 3 aromatic rings. The Hall–Kier alpha value is -3.23. The maximum absolute atomic E-state index is 13.8. The second kappa shape index (κ2) is 10.8. The summed E-state index contributed by atoms with van der Waals surface area (Å²) in [6.45, 7) is 6.63. The number of halogens is 3. The third-order valence-electron chi connectivity index (χ3n) is 5.83. The molecule has 1 fully saturated rings. The van der Waals surface area contributed by atoms with Crippen LogP contribution in [0.5, 0.6) is 0 Å². The Morgan fingerprint density at radius 2 is 2.15 bits per heavy atom. The first-order valence-electron chi connectivity index (χ1n) is 11.1. The molecule has 0 unspecified atom stereocenters. The van der Waals surface area contributed by atoms with Gasteiger partial charge in [0.1, 0.15) is 34.8 Å². The summed E-state index contributed by atoms with van der Waals surface area (Å²) in [6, 6.07) is 10.9. The van der Waals surface area contributed by atoms with Crippen LogP contribution in [0.15, 0.2) is 59.9 Å². The van der Waals surface area contributed by atoms with Crippen molar-refractivity contribution in [2.24, 2.45) is 10.9 Å². The van der Waals surface area contributed by atoms with Crippen molar-refractivity contribution in [1.82, 2.24) is 20.2 Å². The van der Waals surface area contributed by atoms with Gasteiger partial charge in [0.25, 0.3) is 0 Å². The number of nitrogens with one attached hydrogen (secondary N) is 2. The van der Waals surface area contributed by atoms with Gasteiger partial charge in [-0.1, -0.05) is 36.4 Å². The molecule has 0 bridgehead atoms. The number of aliphatic imine (C=N–C) groups is 1. The lowest BCUT2D eigenvalue weighted by atomic mass is 9.99. The van der Waals surface area contributed by atoms with Crippen molar-refractivity contribution in [2.75, 3.05) is 18.8 Å². The molecule has 1 aliphatic rings. The number of benzene rings is 2. The van der Waals surface area contributed by atoms with Crippen molar-refractivity contribution in [2.45, 2.75) is 25.9 Å². The number of nitrogens with two attached hydrogens (primary N) is 1. The minimum atomic E-state index is -0.631. The van der Waals surface area contributed by atoms with Gasteiger partial charge in [0.05, 0.1) is 11.2 Å². The summed E-state index contributed by atoms with van der Waals surface area (Å²) in [5.41, 5.74) is 8.10. The summed E-state index contributed by atoms with van der Waals surface area (Å²) < 4.78 is 28.9. The second-order valence-electron chi connectivity index (χ2n) is 8.30. The van der Waals surface area contributed by atoms with E-state index in [0.717, 1.165) is 37.6 Å². The number of imidazole rings is 1. The van der Waals surface area contributed by atoms with Crippen molar-refractivity contribution in [3.63, 3.8) is 0 Å². The smallest absolute Gasteiger partial charge is 0.143 e. The van der Waals surface area contributed by atoms with E-state index in [1.807, 2.05) is 28.8 Å². The van der Waals surface area contributed by atoms with Crippen molar-refractivity contribution < 1.29 is 8.78 Å². The molecular formula is C25H27ClF2N6. The van der Waals surface area contributed by atoms with E-state index in [-0.39, 0.29) is 6.54 Å². The monoisotopic (exact) mass is 484 g/mol. The summed E-state index contributed by atoms with van der Waals surface area (Å²) >= 11 is 6.47. The number of piperidine rings is 1. The van der Waals surface area contributed by atoms with E-state index in [9.17, 15) is 8.78 Å². The van der Waals surface area contributed by atoms with E-state index in [1.165, 1.54) is 18.3 Å². The van der Waals surface area contributed by atoms with Crippen LogP contribution in [0.25, 0.3) is 11.4 Å². The molecule has 0 aliphatic carbocycles. The van der Waals surface area contributed by atoms with E-state index in [1.54, 1.807) is 0 Å². The van der Waals surface area contributed by atoms with Crippen LogP contribution >= 0.6 is 11.6 Å². The number of hydrogen-bond donors (Lipinski definition) is 3. The lowest BCUT2D eigenvalue weighted by Crippen LogP contribution is -2.32. The Labute approximate surface area is 202 Å². The topological polar surface area (TPSA) is 80.3 Å². The van der Waals surface area contributed by atoms with E-state index in [0.29, 0.717) is 46.2 Å². The van der Waals surface area contributed by atoms with Crippen LogP contribution in [0.2, 0.25) is 5.02 Å². The first-order valence-corrected chi connectivity index (χ1v) is 11.5. The predicted octanol–water partition coefficient (Wildman–Crippen LogP) is 4.74. The molecule has 4 rings (SSSR count). The molecule has 0 spiro atoms. The zero-order valence-corrected chi connectivity index (χ0v) is 19.5. The van der Waals surface area contributed by atoms with Crippen LogP contribution < -0.4 is 16.4 Å². The number of nitrogens with zero attached hydrogens (tertiary/aromatic N) is 3. The molecule has 178 valence electrons. The van der Waals surface area contributed by atoms with Gasteiger partial charge in [-0.05, 0) is 50.0 Å². The molecule has 1 atom stereocenters. The largest absolute Gasteiger partial charge is 0.383 e. The van der Waals surface area contributed by atoms with E-state index in [2.05, 4.69) is 22.2 Å². The quantitative estimate of drug-likeness (QED) is 0.403. The number of nitrogen functional groups attached to an aromatic ring is 1. The van der Waals surface area contributed by atoms with Crippen molar-refractivity contribution in [3.05, 3.63) is 82.8 Å². The third kappa shape index (κ3) is 5.63. The Morgan fingerprint density at radius 1 is 1.32 bits per heavy atom. The number of rotatable bonds is 8. The van der Waals surface area contributed by atoms with E-state index in [4.69, 9.17) is 22.3 Å². The third-order valence-corrected chi connectivity index (χ3v) is 6.16. The van der Waals surface area contributed by atoms with Crippen molar-refractivity contribution in [3.8, 4) is 11.4 Å². The van der Waals surface area contributed by atoms with Gasteiger partial charge in [-0.3, -0.25) is 0 Å². The first-order chi connectivity index (χ1) is 16.4. The Bertz CT molecular complexity index is 1200. The highest BCUT2D eigenvalue weighted by Crippen LogP contribution is 2.31. The molecule has 9 heteroatoms. The molecule has 2 heterocycles. The minimum absolute atomic E-state index is 0.117. The highest BCUT2D eigenvalue weighted by atomic mass is 35.5. The van der Waals surface area contributed by atoms with Gasteiger partial charge in [0.2, 0.25) is 0 Å². The maximum Gasteiger partial charge on any atom is 0.143 e. The predicted molar refractivity (Wildman–Crippen MR) is 133 cm³/mol. The Balaban J connectivity index is 1.54. The first kappa shape index (κ1) is 23.9. The second-order valence-corrected chi connectivity index (χ2v) is 8.71. The molecule has 0 saturated carbocycles. The molecule has 1 aliphatic heterocycles. The van der Waals surface area contributed by atoms with Crippen LogP contribution in [0.3, 0.4) is 0 Å². The van der Waals surface area contributed by atoms with Gasteiger partial charge in [-0.2, -0.15) is 0 Å². The molecule has 0 radical (unpaired) electrons. The van der Waals surface area contributed by atoms with Crippen LogP contribution in [-0.4, -0.2) is 28.9 Å². The molecule has 0 amide bonds. The van der Waals surface area contributed by atoms with Gasteiger partial charge < -0.3 is 20.9 Å². The molecular weight excluding hydrogens is 458 g/mol. The molecule has 1 aromatic heterocycles. The van der Waals surface area contributed by atoms with Crippen LogP contribution in [0.1, 0.15) is 24.1 Å². The fraction of sp³-hybridized carbons (Fsp3) is 0.280. The zero-order valence-electron chi connectivity index (χ0n) is 18.7. The van der Waals surface area contributed by atoms with Gasteiger partial charge in [-0.15, -0.1) is 0 Å². The van der Waals surface area contributed by atoms with Crippen LogP contribution in [0, 0.1) is 17.6 Å². The number of aromatic nitrogens is 2. The highest BCUT2D eigenvalue weighted by molar-refractivity contribution is 6.33. The SMILES string of the molecule is C=C(N=Cc1nc(-c2ccccc2Cl)n(C[C@@H]2CCCNC2)c1N)NCc1ccc(F)cc1F. The van der Waals surface area contributed by atoms with Gasteiger partial charge in [-0.25, -0.2) is 18.8 Å². The standard InChI is InChI=1S/C25H27ClF2N6/c1-16(31-13-18-8-9-19(27)11-22(18)28)32-14-23-24(29)34(15-17-5-4-10-30-12-17)25(33-23)20-6-2-3-7-21(20)26/h2-3,6-9,11,14,17,30-31H,1,4-5,10,12-13,15,29H2/t17-/m1/s1. The lowest BCUT2D eigenvalue weighted by molar-refractivity contribution is 0.340. The average molecular weight is 485 g/mol. The van der Waals surface area contributed by atoms with Crippen LogP contribution in [-0.2, 0) is 13.1 Å². The summed E-state index contributed by atoms with van der Waals surface area (Å²) in [4.78, 5) is 9.04. The van der Waals surface area contributed by atoms with E-state index >= 15 is 0 Å². The maximum atomic E-state index is 13.8. The van der Waals surface area contributed by atoms with Crippen molar-refractivity contribution in [1.29, 1.82) is 0 Å². The summed E-state index contributed by atoms with van der Waals surface area (Å²) in [6.07, 6.45) is 3.76. The van der Waals surface area contributed by atoms with Crippen LogP contribution in [0.4, 0.5) is 14.6 Å². The highest BCUT2D eigenvalue weighted by Gasteiger charge is 2.21. The van der Waals surface area contributed by atoms with Gasteiger partial charge >= 0.3 is 0 Å². The number of anilines is 1. The Kier molecular flexibility index (Phi) is 7.59. The summed E-state index contributed by atoms with van der Waals surface area (Å²) in [5.74, 6) is 0.645.